The van der Waals surface area contributed by atoms with Crippen LogP contribution < -0.4 is 10.2 Å². The van der Waals surface area contributed by atoms with Crippen molar-refractivity contribution in [1.82, 2.24) is 15.3 Å². The Morgan fingerprint density at radius 2 is 2.12 bits per heavy atom. The molecule has 3 rings (SSSR count). The van der Waals surface area contributed by atoms with Crippen LogP contribution in [0.3, 0.4) is 0 Å². The van der Waals surface area contributed by atoms with Gasteiger partial charge in [-0.05, 0) is 38.3 Å². The Bertz CT molecular complexity index is 831. The first-order chi connectivity index (χ1) is 12.6. The Morgan fingerprint density at radius 3 is 2.92 bits per heavy atom. The highest BCUT2D eigenvalue weighted by Gasteiger charge is 2.24. The van der Waals surface area contributed by atoms with Crippen molar-refractivity contribution in [2.75, 3.05) is 18.0 Å². The fourth-order valence-electron chi connectivity index (χ4n) is 3.07. The van der Waals surface area contributed by atoms with Crippen molar-refractivity contribution in [3.8, 4) is 0 Å². The van der Waals surface area contributed by atoms with Gasteiger partial charge in [0, 0.05) is 18.8 Å². The molecule has 26 heavy (non-hydrogen) atoms. The van der Waals surface area contributed by atoms with Gasteiger partial charge in [0.25, 0.3) is 5.91 Å². The number of unbranched alkanes of at least 4 members (excludes halogenated alkanes) is 1. The maximum Gasteiger partial charge on any atom is 0.265 e. The fourth-order valence-corrected chi connectivity index (χ4v) is 3.07. The second kappa shape index (κ2) is 8.08. The van der Waals surface area contributed by atoms with Crippen LogP contribution in [0.25, 0.3) is 0 Å². The number of amides is 1. The normalized spacial score (nSPS) is 13.7. The number of anilines is 2. The number of rotatable bonds is 6. The summed E-state index contributed by atoms with van der Waals surface area (Å²) in [6, 6.07) is 8.31. The number of nitrogens with one attached hydrogen (secondary N) is 1. The number of hydrogen-bond donors (Lipinski definition) is 1. The molecule has 0 saturated heterocycles. The molecule has 2 heterocycles. The Labute approximate surface area is 154 Å². The minimum atomic E-state index is -0.144. The molecule has 6 heteroatoms. The second-order valence-corrected chi connectivity index (χ2v) is 6.47. The molecule has 1 amide bonds. The lowest BCUT2D eigenvalue weighted by atomic mass is 10.2. The zero-order valence-electron chi connectivity index (χ0n) is 15.6. The van der Waals surface area contributed by atoms with Crippen molar-refractivity contribution in [3.05, 3.63) is 41.9 Å². The van der Waals surface area contributed by atoms with E-state index < -0.39 is 0 Å². The van der Waals surface area contributed by atoms with Crippen molar-refractivity contribution >= 4 is 28.8 Å². The van der Waals surface area contributed by atoms with E-state index in [1.807, 2.05) is 13.0 Å². The molecule has 0 unspecified atom stereocenters. The van der Waals surface area contributed by atoms with Gasteiger partial charge in [-0.3, -0.25) is 4.79 Å². The molecule has 0 aliphatic carbocycles. The van der Waals surface area contributed by atoms with E-state index in [0.29, 0.717) is 17.9 Å². The van der Waals surface area contributed by atoms with E-state index in [1.165, 1.54) is 5.56 Å². The van der Waals surface area contributed by atoms with E-state index >= 15 is 0 Å². The van der Waals surface area contributed by atoms with Crippen molar-refractivity contribution in [2.45, 2.75) is 40.0 Å². The first-order valence-corrected chi connectivity index (χ1v) is 9.12. The molecule has 1 aliphatic rings. The van der Waals surface area contributed by atoms with Crippen LogP contribution in [0.15, 0.2) is 35.6 Å². The highest BCUT2D eigenvalue weighted by atomic mass is 16.1. The molecule has 1 N–H and O–H groups in total. The van der Waals surface area contributed by atoms with Crippen molar-refractivity contribution < 1.29 is 4.79 Å². The molecule has 0 fully saturated rings. The second-order valence-electron chi connectivity index (χ2n) is 6.47. The van der Waals surface area contributed by atoms with Gasteiger partial charge in [-0.1, -0.05) is 31.5 Å². The Hall–Kier alpha value is -2.76. The van der Waals surface area contributed by atoms with Crippen LogP contribution in [0, 0.1) is 6.92 Å². The Balaban J connectivity index is 1.92. The van der Waals surface area contributed by atoms with E-state index in [1.54, 1.807) is 13.3 Å². The SMILES string of the molecule is CCCCNC(=O)C(C)=Nc1c(C)ncnc1N1CCc2ccccc21. The molecular weight excluding hydrogens is 326 g/mol. The van der Waals surface area contributed by atoms with Crippen LogP contribution in [0.2, 0.25) is 0 Å². The molecule has 1 aromatic heterocycles. The van der Waals surface area contributed by atoms with Crippen LogP contribution >= 0.6 is 0 Å². The van der Waals surface area contributed by atoms with E-state index in [4.69, 9.17) is 0 Å². The highest BCUT2D eigenvalue weighted by Crippen LogP contribution is 2.38. The van der Waals surface area contributed by atoms with Crippen LogP contribution in [0.1, 0.15) is 37.9 Å². The van der Waals surface area contributed by atoms with Crippen LogP contribution in [0.5, 0.6) is 0 Å². The van der Waals surface area contributed by atoms with Crippen molar-refractivity contribution in [2.24, 2.45) is 4.99 Å². The predicted octanol–water partition coefficient (Wildman–Crippen LogP) is 3.49. The quantitative estimate of drug-likeness (QED) is 0.639. The van der Waals surface area contributed by atoms with Crippen LogP contribution in [0.4, 0.5) is 17.2 Å². The monoisotopic (exact) mass is 351 g/mol. The molecule has 1 aromatic carbocycles. The summed E-state index contributed by atoms with van der Waals surface area (Å²) < 4.78 is 0. The molecule has 1 aliphatic heterocycles. The highest BCUT2D eigenvalue weighted by molar-refractivity contribution is 6.38. The zero-order chi connectivity index (χ0) is 18.5. The van der Waals surface area contributed by atoms with Crippen LogP contribution in [-0.2, 0) is 11.2 Å². The summed E-state index contributed by atoms with van der Waals surface area (Å²) in [6.07, 6.45) is 4.53. The summed E-state index contributed by atoms with van der Waals surface area (Å²) in [6.45, 7) is 7.24. The van der Waals surface area contributed by atoms with Crippen molar-refractivity contribution in [1.29, 1.82) is 0 Å². The summed E-state index contributed by atoms with van der Waals surface area (Å²) in [7, 11) is 0. The van der Waals surface area contributed by atoms with E-state index in [9.17, 15) is 4.79 Å². The minimum absolute atomic E-state index is 0.144. The predicted molar refractivity (Wildman–Crippen MR) is 105 cm³/mol. The van der Waals surface area contributed by atoms with Gasteiger partial charge < -0.3 is 10.2 Å². The lowest BCUT2D eigenvalue weighted by Crippen LogP contribution is -2.30. The van der Waals surface area contributed by atoms with E-state index in [0.717, 1.165) is 43.0 Å². The van der Waals surface area contributed by atoms with Crippen molar-refractivity contribution in [3.63, 3.8) is 0 Å². The summed E-state index contributed by atoms with van der Waals surface area (Å²) in [4.78, 5) is 27.8. The largest absolute Gasteiger partial charge is 0.351 e. The third-order valence-electron chi connectivity index (χ3n) is 4.55. The van der Waals surface area contributed by atoms with Gasteiger partial charge >= 0.3 is 0 Å². The average molecular weight is 351 g/mol. The van der Waals surface area contributed by atoms with E-state index in [-0.39, 0.29) is 5.91 Å². The number of aromatic nitrogens is 2. The van der Waals surface area contributed by atoms with Crippen LogP contribution in [-0.4, -0.2) is 34.7 Å². The first kappa shape index (κ1) is 18.0. The molecule has 0 radical (unpaired) electrons. The summed E-state index contributed by atoms with van der Waals surface area (Å²) in [5.41, 5.74) is 4.29. The third-order valence-corrected chi connectivity index (χ3v) is 4.55. The average Bonchev–Trinajstić information content (AvgIpc) is 3.07. The Kier molecular flexibility index (Phi) is 5.61. The number of fused-ring (bicyclic) bond motifs is 1. The number of carbonyl (C=O) groups is 1. The maximum atomic E-state index is 12.3. The molecule has 0 atom stereocenters. The van der Waals surface area contributed by atoms with E-state index in [2.05, 4.69) is 50.3 Å². The zero-order valence-corrected chi connectivity index (χ0v) is 15.6. The molecule has 0 bridgehead atoms. The van der Waals surface area contributed by atoms with Gasteiger partial charge in [-0.15, -0.1) is 0 Å². The van der Waals surface area contributed by atoms with Gasteiger partial charge in [0.2, 0.25) is 0 Å². The molecule has 6 nitrogen and oxygen atoms in total. The molecule has 0 spiro atoms. The molecule has 0 saturated carbocycles. The van der Waals surface area contributed by atoms with Gasteiger partial charge in [0.05, 0.1) is 5.69 Å². The molecular formula is C20H25N5O. The molecule has 136 valence electrons. The lowest BCUT2D eigenvalue weighted by molar-refractivity contribution is -0.114. The Morgan fingerprint density at radius 1 is 1.31 bits per heavy atom. The van der Waals surface area contributed by atoms with Gasteiger partial charge in [0.15, 0.2) is 5.82 Å². The number of carbonyl (C=O) groups excluding carboxylic acids is 1. The standard InChI is InChI=1S/C20H25N5O/c1-4-5-11-21-20(26)15(3)24-18-14(2)22-13-23-19(18)25-12-10-16-8-6-7-9-17(16)25/h6-9,13H,4-5,10-12H2,1-3H3,(H,21,26). The number of nitrogens with zero attached hydrogens (tertiary/aromatic N) is 4. The summed E-state index contributed by atoms with van der Waals surface area (Å²) in [5, 5.41) is 2.90. The minimum Gasteiger partial charge on any atom is -0.351 e. The lowest BCUT2D eigenvalue weighted by Gasteiger charge is -2.20. The number of benzene rings is 1. The van der Waals surface area contributed by atoms with Gasteiger partial charge in [0.1, 0.15) is 17.7 Å². The number of para-hydroxylation sites is 1. The summed E-state index contributed by atoms with van der Waals surface area (Å²) in [5.74, 6) is 0.609. The number of aryl methyl sites for hydroxylation is 1. The molecule has 2 aromatic rings. The topological polar surface area (TPSA) is 70.5 Å². The van der Waals surface area contributed by atoms with Gasteiger partial charge in [-0.25, -0.2) is 15.0 Å². The number of hydrogen-bond acceptors (Lipinski definition) is 5. The fraction of sp³-hybridized carbons (Fsp3) is 0.400. The summed E-state index contributed by atoms with van der Waals surface area (Å²) >= 11 is 0. The smallest absolute Gasteiger partial charge is 0.265 e. The number of aliphatic imine (C=N–C) groups is 1. The third kappa shape index (κ3) is 3.74. The maximum absolute atomic E-state index is 12.3. The first-order valence-electron chi connectivity index (χ1n) is 9.12. The van der Waals surface area contributed by atoms with Gasteiger partial charge in [-0.2, -0.15) is 0 Å².